The van der Waals surface area contributed by atoms with E-state index in [0.29, 0.717) is 18.5 Å². The number of hydrogen-bond acceptors (Lipinski definition) is 4. The van der Waals surface area contributed by atoms with Gasteiger partial charge in [-0.25, -0.2) is 0 Å². The number of hydrogen-bond donors (Lipinski definition) is 1. The lowest BCUT2D eigenvalue weighted by Gasteiger charge is -2.38. The number of carbonyl (C=O) groups is 1. The third-order valence-electron chi connectivity index (χ3n) is 4.57. The lowest BCUT2D eigenvalue weighted by atomic mass is 10.0. The normalized spacial score (nSPS) is 25.9. The molecule has 0 bridgehead atoms. The molecular formula is C15H30N4O. The maximum absolute atomic E-state index is 12.4. The Hall–Kier alpha value is -0.650. The third kappa shape index (κ3) is 4.43. The highest BCUT2D eigenvalue weighted by Gasteiger charge is 2.26. The summed E-state index contributed by atoms with van der Waals surface area (Å²) in [6.45, 7) is 9.66. The molecule has 1 N–H and O–H groups in total. The van der Waals surface area contributed by atoms with Crippen LogP contribution in [-0.2, 0) is 4.79 Å². The monoisotopic (exact) mass is 282 g/mol. The maximum Gasteiger partial charge on any atom is 0.236 e. The Morgan fingerprint density at radius 2 is 1.90 bits per heavy atom. The predicted molar refractivity (Wildman–Crippen MR) is 81.8 cm³/mol. The lowest BCUT2D eigenvalue weighted by Crippen LogP contribution is -2.53. The predicted octanol–water partition coefficient (Wildman–Crippen LogP) is 0.224. The fourth-order valence-corrected chi connectivity index (χ4v) is 3.14. The Balaban J connectivity index is 1.81. The lowest BCUT2D eigenvalue weighted by molar-refractivity contribution is -0.134. The number of carbonyl (C=O) groups excluding carboxylic acids is 1. The summed E-state index contributed by atoms with van der Waals surface area (Å²) in [7, 11) is 2.12. The van der Waals surface area contributed by atoms with Crippen molar-refractivity contribution in [2.45, 2.75) is 32.2 Å². The summed E-state index contributed by atoms with van der Waals surface area (Å²) in [5, 5.41) is 3.43. The summed E-state index contributed by atoms with van der Waals surface area (Å²) in [5.74, 6) is 0.321. The molecule has 2 aliphatic heterocycles. The molecule has 0 radical (unpaired) electrons. The number of piperazine rings is 1. The van der Waals surface area contributed by atoms with Gasteiger partial charge in [0, 0.05) is 38.8 Å². The molecule has 0 aliphatic carbocycles. The summed E-state index contributed by atoms with van der Waals surface area (Å²) < 4.78 is 0. The number of likely N-dealkylation sites (tertiary alicyclic amines) is 1. The number of rotatable bonds is 5. The second-order valence-electron chi connectivity index (χ2n) is 6.11. The van der Waals surface area contributed by atoms with Crippen LogP contribution in [0.3, 0.4) is 0 Å². The van der Waals surface area contributed by atoms with E-state index in [1.165, 1.54) is 19.3 Å². The fraction of sp³-hybridized carbons (Fsp3) is 0.933. The van der Waals surface area contributed by atoms with Crippen molar-refractivity contribution in [2.75, 3.05) is 59.4 Å². The van der Waals surface area contributed by atoms with E-state index in [9.17, 15) is 4.79 Å². The van der Waals surface area contributed by atoms with Crippen molar-refractivity contribution in [1.82, 2.24) is 20.0 Å². The van der Waals surface area contributed by atoms with Gasteiger partial charge in [0.05, 0.1) is 6.54 Å². The van der Waals surface area contributed by atoms with Crippen molar-refractivity contribution < 1.29 is 4.79 Å². The van der Waals surface area contributed by atoms with Crippen LogP contribution in [-0.4, -0.2) is 86.1 Å². The van der Waals surface area contributed by atoms with E-state index >= 15 is 0 Å². The Morgan fingerprint density at radius 1 is 1.15 bits per heavy atom. The van der Waals surface area contributed by atoms with Crippen LogP contribution in [0.25, 0.3) is 0 Å². The number of nitrogens with one attached hydrogen (secondary N) is 1. The molecule has 2 aliphatic rings. The second kappa shape index (κ2) is 7.96. The van der Waals surface area contributed by atoms with Gasteiger partial charge in [0.25, 0.3) is 0 Å². The van der Waals surface area contributed by atoms with Gasteiger partial charge in [0.1, 0.15) is 0 Å². The van der Waals surface area contributed by atoms with E-state index in [1.54, 1.807) is 0 Å². The molecule has 2 saturated heterocycles. The zero-order chi connectivity index (χ0) is 14.4. The van der Waals surface area contributed by atoms with Crippen LogP contribution in [0, 0.1) is 0 Å². The number of nitrogens with zero attached hydrogens (tertiary/aromatic N) is 3. The summed E-state index contributed by atoms with van der Waals surface area (Å²) in [4.78, 5) is 19.2. The van der Waals surface area contributed by atoms with Crippen molar-refractivity contribution in [3.8, 4) is 0 Å². The zero-order valence-electron chi connectivity index (χ0n) is 13.1. The first-order valence-electron chi connectivity index (χ1n) is 8.11. The molecule has 5 heteroatoms. The first kappa shape index (κ1) is 15.7. The molecule has 0 aromatic heterocycles. The minimum Gasteiger partial charge on any atom is -0.339 e. The summed E-state index contributed by atoms with van der Waals surface area (Å²) in [6, 6.07) is 0.542. The first-order chi connectivity index (χ1) is 9.70. The van der Waals surface area contributed by atoms with Gasteiger partial charge >= 0.3 is 0 Å². The minimum absolute atomic E-state index is 0.321. The highest BCUT2D eigenvalue weighted by Crippen LogP contribution is 2.16. The van der Waals surface area contributed by atoms with Gasteiger partial charge in [-0.15, -0.1) is 0 Å². The summed E-state index contributed by atoms with van der Waals surface area (Å²) >= 11 is 0. The van der Waals surface area contributed by atoms with Crippen LogP contribution in [0.1, 0.15) is 26.2 Å². The topological polar surface area (TPSA) is 38.8 Å². The molecule has 1 atom stereocenters. The Bertz CT molecular complexity index is 302. The van der Waals surface area contributed by atoms with Gasteiger partial charge in [-0.1, -0.05) is 13.3 Å². The Kier molecular flexibility index (Phi) is 6.26. The van der Waals surface area contributed by atoms with Crippen LogP contribution < -0.4 is 5.32 Å². The van der Waals surface area contributed by atoms with E-state index in [1.807, 2.05) is 4.90 Å². The summed E-state index contributed by atoms with van der Waals surface area (Å²) in [5.41, 5.74) is 0. The molecule has 2 fully saturated rings. The molecule has 2 rings (SSSR count). The van der Waals surface area contributed by atoms with Crippen LogP contribution in [0.2, 0.25) is 0 Å². The van der Waals surface area contributed by atoms with Crippen molar-refractivity contribution in [3.63, 3.8) is 0 Å². The highest BCUT2D eigenvalue weighted by atomic mass is 16.2. The molecule has 0 aromatic carbocycles. The molecule has 0 aromatic rings. The third-order valence-corrected chi connectivity index (χ3v) is 4.57. The Morgan fingerprint density at radius 3 is 2.60 bits per heavy atom. The average Bonchev–Trinajstić information content (AvgIpc) is 2.47. The van der Waals surface area contributed by atoms with E-state index in [2.05, 4.69) is 29.1 Å². The van der Waals surface area contributed by atoms with E-state index in [0.717, 1.165) is 45.8 Å². The standard InChI is InChI=1S/C15H30N4O/c1-3-16-12-14-6-4-5-7-19(14)13-15(20)18-10-8-17(2)9-11-18/h14,16H,3-13H2,1-2H3. The fourth-order valence-electron chi connectivity index (χ4n) is 3.14. The van der Waals surface area contributed by atoms with Gasteiger partial charge in [-0.3, -0.25) is 9.69 Å². The summed E-state index contributed by atoms with van der Waals surface area (Å²) in [6.07, 6.45) is 3.76. The first-order valence-corrected chi connectivity index (χ1v) is 8.11. The molecule has 2 heterocycles. The maximum atomic E-state index is 12.4. The smallest absolute Gasteiger partial charge is 0.236 e. The SMILES string of the molecule is CCNCC1CCCCN1CC(=O)N1CCN(C)CC1. The molecule has 116 valence electrons. The Labute approximate surface area is 123 Å². The molecule has 5 nitrogen and oxygen atoms in total. The van der Waals surface area contributed by atoms with Crippen molar-refractivity contribution >= 4 is 5.91 Å². The van der Waals surface area contributed by atoms with Crippen LogP contribution in [0.5, 0.6) is 0 Å². The number of likely N-dealkylation sites (N-methyl/N-ethyl adjacent to an activating group) is 2. The zero-order valence-corrected chi connectivity index (χ0v) is 13.1. The minimum atomic E-state index is 0.321. The van der Waals surface area contributed by atoms with E-state index in [4.69, 9.17) is 0 Å². The van der Waals surface area contributed by atoms with Gasteiger partial charge in [0.15, 0.2) is 0 Å². The molecular weight excluding hydrogens is 252 g/mol. The molecule has 20 heavy (non-hydrogen) atoms. The molecule has 0 spiro atoms. The van der Waals surface area contributed by atoms with Gasteiger partial charge < -0.3 is 15.1 Å². The number of piperidine rings is 1. The van der Waals surface area contributed by atoms with E-state index < -0.39 is 0 Å². The van der Waals surface area contributed by atoms with Crippen LogP contribution in [0.4, 0.5) is 0 Å². The van der Waals surface area contributed by atoms with Crippen LogP contribution >= 0.6 is 0 Å². The highest BCUT2D eigenvalue weighted by molar-refractivity contribution is 5.78. The quantitative estimate of drug-likeness (QED) is 0.783. The van der Waals surface area contributed by atoms with Crippen molar-refractivity contribution in [1.29, 1.82) is 0 Å². The molecule has 1 amide bonds. The molecule has 1 unspecified atom stereocenters. The van der Waals surface area contributed by atoms with E-state index in [-0.39, 0.29) is 0 Å². The van der Waals surface area contributed by atoms with Gasteiger partial charge in [0.2, 0.25) is 5.91 Å². The second-order valence-corrected chi connectivity index (χ2v) is 6.11. The van der Waals surface area contributed by atoms with Crippen molar-refractivity contribution in [2.24, 2.45) is 0 Å². The number of amides is 1. The van der Waals surface area contributed by atoms with Gasteiger partial charge in [-0.05, 0) is 33.0 Å². The average molecular weight is 282 g/mol. The van der Waals surface area contributed by atoms with Crippen LogP contribution in [0.15, 0.2) is 0 Å². The largest absolute Gasteiger partial charge is 0.339 e. The molecule has 0 saturated carbocycles. The van der Waals surface area contributed by atoms with Gasteiger partial charge in [-0.2, -0.15) is 0 Å². The van der Waals surface area contributed by atoms with Crippen molar-refractivity contribution in [3.05, 3.63) is 0 Å².